The number of nitriles is 1. The van der Waals surface area contributed by atoms with Crippen molar-refractivity contribution in [3.8, 4) is 11.8 Å². The van der Waals surface area contributed by atoms with Gasteiger partial charge < -0.3 is 19.4 Å². The van der Waals surface area contributed by atoms with E-state index in [0.29, 0.717) is 35.0 Å². The molecule has 0 radical (unpaired) electrons. The molecule has 1 aromatic carbocycles. The SMILES string of the molecule is C[C@@H](CC1(C#N)CCC2(CC1)OC(=O)NN=C2c1cc(OC(F)F)ccc1Br)NC(=O)c1cn(C)cn1. The summed E-state index contributed by atoms with van der Waals surface area (Å²) in [6.45, 7) is -1.17. The molecule has 2 aliphatic rings. The largest absolute Gasteiger partial charge is 0.435 e. The van der Waals surface area contributed by atoms with Gasteiger partial charge in [0.15, 0.2) is 5.60 Å². The first-order chi connectivity index (χ1) is 17.5. The molecular weight excluding hydrogens is 554 g/mol. The van der Waals surface area contributed by atoms with Gasteiger partial charge in [-0.15, -0.1) is 0 Å². The number of aryl methyl sites for hydroxylation is 1. The Morgan fingerprint density at radius 3 is 2.73 bits per heavy atom. The van der Waals surface area contributed by atoms with Crippen LogP contribution in [0.4, 0.5) is 13.6 Å². The lowest BCUT2D eigenvalue weighted by Gasteiger charge is -2.45. The third-order valence-electron chi connectivity index (χ3n) is 6.66. The Hall–Kier alpha value is -3.53. The van der Waals surface area contributed by atoms with Crippen LogP contribution in [-0.2, 0) is 11.8 Å². The van der Waals surface area contributed by atoms with Crippen molar-refractivity contribution in [1.29, 1.82) is 5.26 Å². The van der Waals surface area contributed by atoms with Crippen LogP contribution in [0.15, 0.2) is 40.3 Å². The highest BCUT2D eigenvalue weighted by atomic mass is 79.9. The number of hydrogen-bond acceptors (Lipinski definition) is 7. The van der Waals surface area contributed by atoms with Crippen molar-refractivity contribution in [1.82, 2.24) is 20.3 Å². The molecule has 0 unspecified atom stereocenters. The predicted molar refractivity (Wildman–Crippen MR) is 131 cm³/mol. The third-order valence-corrected chi connectivity index (χ3v) is 7.35. The van der Waals surface area contributed by atoms with E-state index in [9.17, 15) is 23.6 Å². The van der Waals surface area contributed by atoms with Gasteiger partial charge in [-0.1, -0.05) is 15.9 Å². The van der Waals surface area contributed by atoms with Crippen LogP contribution in [0.3, 0.4) is 0 Å². The monoisotopic (exact) mass is 578 g/mol. The molecule has 0 saturated heterocycles. The highest BCUT2D eigenvalue weighted by molar-refractivity contribution is 9.10. The van der Waals surface area contributed by atoms with Crippen LogP contribution in [0.1, 0.15) is 55.1 Å². The minimum atomic E-state index is -3.00. The zero-order chi connectivity index (χ0) is 26.8. The van der Waals surface area contributed by atoms with E-state index < -0.39 is 23.7 Å². The van der Waals surface area contributed by atoms with E-state index in [0.717, 1.165) is 0 Å². The average molecular weight is 579 g/mol. The minimum absolute atomic E-state index is 0.0670. The van der Waals surface area contributed by atoms with Crippen molar-refractivity contribution in [2.75, 3.05) is 0 Å². The fourth-order valence-electron chi connectivity index (χ4n) is 4.92. The maximum atomic E-state index is 12.8. The quantitative estimate of drug-likeness (QED) is 0.504. The van der Waals surface area contributed by atoms with Crippen molar-refractivity contribution in [3.05, 3.63) is 46.5 Å². The smallest absolute Gasteiger partial charge is 0.428 e. The molecule has 196 valence electrons. The molecule has 2 heterocycles. The molecule has 1 saturated carbocycles. The number of carbonyl (C=O) groups excluding carboxylic acids is 2. The molecule has 13 heteroatoms. The summed E-state index contributed by atoms with van der Waals surface area (Å²) < 4.78 is 38.1. The topological polar surface area (TPSA) is 131 Å². The van der Waals surface area contributed by atoms with Crippen molar-refractivity contribution >= 4 is 33.6 Å². The second kappa shape index (κ2) is 10.5. The lowest BCUT2D eigenvalue weighted by molar-refractivity contribution is -0.0498. The maximum absolute atomic E-state index is 12.8. The van der Waals surface area contributed by atoms with Gasteiger partial charge in [-0.3, -0.25) is 4.79 Å². The van der Waals surface area contributed by atoms with Crippen LogP contribution in [0, 0.1) is 16.7 Å². The van der Waals surface area contributed by atoms with E-state index >= 15 is 0 Å². The number of ether oxygens (including phenoxy) is 2. The molecule has 37 heavy (non-hydrogen) atoms. The van der Waals surface area contributed by atoms with Crippen LogP contribution >= 0.6 is 15.9 Å². The van der Waals surface area contributed by atoms with Crippen molar-refractivity contribution in [2.45, 2.75) is 57.3 Å². The van der Waals surface area contributed by atoms with Gasteiger partial charge in [-0.25, -0.2) is 15.2 Å². The molecule has 1 atom stereocenters. The van der Waals surface area contributed by atoms with Crippen molar-refractivity contribution < 1.29 is 27.8 Å². The van der Waals surface area contributed by atoms with E-state index in [4.69, 9.17) is 4.74 Å². The highest BCUT2D eigenvalue weighted by Gasteiger charge is 2.51. The Balaban J connectivity index is 1.52. The molecule has 2 aromatic rings. The van der Waals surface area contributed by atoms with Crippen LogP contribution in [-0.4, -0.2) is 45.5 Å². The van der Waals surface area contributed by atoms with Crippen molar-refractivity contribution in [3.63, 3.8) is 0 Å². The summed E-state index contributed by atoms with van der Waals surface area (Å²) in [5.74, 6) is -0.395. The van der Waals surface area contributed by atoms with Crippen LogP contribution < -0.4 is 15.5 Å². The molecule has 1 spiro atoms. The number of rotatable bonds is 7. The fourth-order valence-corrected chi connectivity index (χ4v) is 5.35. The first kappa shape index (κ1) is 26.5. The van der Waals surface area contributed by atoms with Gasteiger partial charge in [0.2, 0.25) is 0 Å². The molecule has 1 aliphatic heterocycles. The Morgan fingerprint density at radius 1 is 1.38 bits per heavy atom. The number of hydrazone groups is 1. The third kappa shape index (κ3) is 5.74. The number of nitrogens with zero attached hydrogens (tertiary/aromatic N) is 4. The summed E-state index contributed by atoms with van der Waals surface area (Å²) in [6, 6.07) is 6.44. The minimum Gasteiger partial charge on any atom is -0.435 e. The molecule has 1 aromatic heterocycles. The molecule has 4 rings (SSSR count). The Labute approximate surface area is 220 Å². The first-order valence-electron chi connectivity index (χ1n) is 11.6. The number of aromatic nitrogens is 2. The maximum Gasteiger partial charge on any atom is 0.428 e. The van der Waals surface area contributed by atoms with E-state index in [2.05, 4.69) is 47.6 Å². The average Bonchev–Trinajstić information content (AvgIpc) is 3.28. The van der Waals surface area contributed by atoms with E-state index in [1.54, 1.807) is 23.9 Å². The standard InChI is InChI=1S/C24H25BrF2N6O4/c1-14(30-20(34)18-11-33(2)13-29-18)10-23(12-28)5-7-24(8-6-23)19(31-32-22(35)37-24)16-9-15(36-21(26)27)3-4-17(16)25/h3-4,9,11,13-14,21H,5-8,10H2,1-2H3,(H,30,34)(H,32,35)/t14-,23?,24?/m0/s1. The molecule has 10 nitrogen and oxygen atoms in total. The number of amides is 2. The summed E-state index contributed by atoms with van der Waals surface area (Å²) >= 11 is 3.42. The molecule has 2 amide bonds. The second-order valence-electron chi connectivity index (χ2n) is 9.37. The number of alkyl halides is 2. The highest BCUT2D eigenvalue weighted by Crippen LogP contribution is 2.48. The van der Waals surface area contributed by atoms with E-state index in [1.807, 2.05) is 6.92 Å². The zero-order valence-corrected chi connectivity index (χ0v) is 21.7. The Morgan fingerprint density at radius 2 is 2.11 bits per heavy atom. The number of halogens is 3. The zero-order valence-electron chi connectivity index (χ0n) is 20.1. The lowest BCUT2D eigenvalue weighted by Crippen LogP contribution is -2.54. The Bertz CT molecular complexity index is 1270. The van der Waals surface area contributed by atoms with E-state index in [1.165, 1.54) is 18.5 Å². The molecule has 1 aliphatic carbocycles. The van der Waals surface area contributed by atoms with Gasteiger partial charge in [0.1, 0.15) is 17.2 Å². The van der Waals surface area contributed by atoms with Crippen molar-refractivity contribution in [2.24, 2.45) is 17.6 Å². The predicted octanol–water partition coefficient (Wildman–Crippen LogP) is 4.26. The lowest BCUT2D eigenvalue weighted by atomic mass is 9.65. The van der Waals surface area contributed by atoms with E-state index in [-0.39, 0.29) is 36.2 Å². The van der Waals surface area contributed by atoms with Crippen LogP contribution in [0.2, 0.25) is 0 Å². The molecule has 1 fully saturated rings. The summed E-state index contributed by atoms with van der Waals surface area (Å²) in [6.07, 6.45) is 4.08. The summed E-state index contributed by atoms with van der Waals surface area (Å²) in [5, 5.41) is 17.2. The second-order valence-corrected chi connectivity index (χ2v) is 10.2. The number of hydrogen-bond donors (Lipinski definition) is 2. The van der Waals surface area contributed by atoms with Gasteiger partial charge in [0.05, 0.1) is 17.8 Å². The summed E-state index contributed by atoms with van der Waals surface area (Å²) in [7, 11) is 1.77. The normalized spacial score (nSPS) is 24.0. The number of benzene rings is 1. The van der Waals surface area contributed by atoms with Gasteiger partial charge in [0.25, 0.3) is 5.91 Å². The first-order valence-corrected chi connectivity index (χ1v) is 12.4. The fraction of sp³-hybridized carbons (Fsp3) is 0.458. The van der Waals surface area contributed by atoms with Gasteiger partial charge in [-0.05, 0) is 57.2 Å². The summed E-state index contributed by atoms with van der Waals surface area (Å²) in [5.41, 5.74) is 1.42. The number of carbonyl (C=O) groups is 2. The van der Waals surface area contributed by atoms with Gasteiger partial charge in [0, 0.05) is 29.3 Å². The molecular formula is C24H25BrF2N6O4. The number of imidazole rings is 1. The Kier molecular flexibility index (Phi) is 7.49. The van der Waals surface area contributed by atoms with Crippen LogP contribution in [0.5, 0.6) is 5.75 Å². The molecule has 0 bridgehead atoms. The number of nitrogens with one attached hydrogen (secondary N) is 2. The molecule has 2 N–H and O–H groups in total. The van der Waals surface area contributed by atoms with Gasteiger partial charge >= 0.3 is 12.7 Å². The van der Waals surface area contributed by atoms with Gasteiger partial charge in [-0.2, -0.15) is 19.1 Å². The summed E-state index contributed by atoms with van der Waals surface area (Å²) in [4.78, 5) is 28.7. The van der Waals surface area contributed by atoms with Crippen LogP contribution in [0.25, 0.3) is 0 Å².